The second-order valence-corrected chi connectivity index (χ2v) is 6.55. The van der Waals surface area contributed by atoms with E-state index in [0.29, 0.717) is 12.6 Å². The first kappa shape index (κ1) is 17.1. The van der Waals surface area contributed by atoms with Gasteiger partial charge in [-0.1, -0.05) is 31.0 Å². The van der Waals surface area contributed by atoms with Crippen molar-refractivity contribution >= 4 is 11.6 Å². The Morgan fingerprint density at radius 2 is 1.96 bits per heavy atom. The highest BCUT2D eigenvalue weighted by Crippen LogP contribution is 2.22. The summed E-state index contributed by atoms with van der Waals surface area (Å²) in [6.45, 7) is 7.25. The van der Waals surface area contributed by atoms with Gasteiger partial charge in [-0.3, -0.25) is 0 Å². The van der Waals surface area contributed by atoms with Crippen molar-refractivity contribution < 1.29 is 4.74 Å². The number of morpholine rings is 1. The Morgan fingerprint density at radius 1 is 1.21 bits per heavy atom. The number of rotatable bonds is 5. The Bertz CT molecular complexity index is 534. The average Bonchev–Trinajstić information content (AvgIpc) is 3.14. The van der Waals surface area contributed by atoms with Gasteiger partial charge in [-0.15, -0.1) is 0 Å². The van der Waals surface area contributed by atoms with Gasteiger partial charge in [0, 0.05) is 31.4 Å². The first-order valence-electron chi connectivity index (χ1n) is 9.32. The Labute approximate surface area is 145 Å². The van der Waals surface area contributed by atoms with E-state index in [1.54, 1.807) is 0 Å². The standard InChI is InChI=1S/C19H30N4O/c1-2-20-19(22-17-8-4-5-9-17)21-15-16-7-3-6-10-18(16)23-11-13-24-14-12-23/h3,6-7,10,17H,2,4-5,8-9,11-15H2,1H3,(H2,20,21,22). The van der Waals surface area contributed by atoms with Crippen LogP contribution in [0.1, 0.15) is 38.2 Å². The van der Waals surface area contributed by atoms with Crippen molar-refractivity contribution in [1.29, 1.82) is 0 Å². The minimum atomic E-state index is 0.581. The fourth-order valence-corrected chi connectivity index (χ4v) is 3.51. The maximum Gasteiger partial charge on any atom is 0.191 e. The molecule has 2 fully saturated rings. The number of hydrogen-bond donors (Lipinski definition) is 2. The number of nitrogens with zero attached hydrogens (tertiary/aromatic N) is 2. The zero-order valence-corrected chi connectivity index (χ0v) is 14.8. The Balaban J connectivity index is 1.68. The SMILES string of the molecule is CCNC(=NCc1ccccc1N1CCOCC1)NC1CCCC1. The van der Waals surface area contributed by atoms with Crippen LogP contribution >= 0.6 is 0 Å². The largest absolute Gasteiger partial charge is 0.378 e. The minimum Gasteiger partial charge on any atom is -0.378 e. The fourth-order valence-electron chi connectivity index (χ4n) is 3.51. The zero-order chi connectivity index (χ0) is 16.6. The van der Waals surface area contributed by atoms with Crippen molar-refractivity contribution in [3.05, 3.63) is 29.8 Å². The fraction of sp³-hybridized carbons (Fsp3) is 0.632. The third-order valence-electron chi connectivity index (χ3n) is 4.79. The molecule has 5 nitrogen and oxygen atoms in total. The van der Waals surface area contributed by atoms with E-state index >= 15 is 0 Å². The maximum atomic E-state index is 5.48. The van der Waals surface area contributed by atoms with Crippen LogP contribution in [0.15, 0.2) is 29.3 Å². The van der Waals surface area contributed by atoms with Gasteiger partial charge in [0.25, 0.3) is 0 Å². The number of ether oxygens (including phenoxy) is 1. The molecule has 0 unspecified atom stereocenters. The van der Waals surface area contributed by atoms with Gasteiger partial charge in [0.05, 0.1) is 19.8 Å². The highest BCUT2D eigenvalue weighted by Gasteiger charge is 2.17. The Kier molecular flexibility index (Phi) is 6.35. The Hall–Kier alpha value is -1.75. The smallest absolute Gasteiger partial charge is 0.191 e. The van der Waals surface area contributed by atoms with Crippen LogP contribution in [0.4, 0.5) is 5.69 Å². The van der Waals surface area contributed by atoms with Crippen molar-refractivity contribution in [2.45, 2.75) is 45.2 Å². The molecular formula is C19H30N4O. The molecule has 1 aromatic carbocycles. The lowest BCUT2D eigenvalue weighted by atomic mass is 10.1. The molecule has 0 spiro atoms. The monoisotopic (exact) mass is 330 g/mol. The van der Waals surface area contributed by atoms with Crippen molar-refractivity contribution in [3.63, 3.8) is 0 Å². The molecule has 3 rings (SSSR count). The first-order chi connectivity index (χ1) is 11.9. The number of hydrogen-bond acceptors (Lipinski definition) is 3. The number of aliphatic imine (C=N–C) groups is 1. The van der Waals surface area contributed by atoms with Crippen LogP contribution < -0.4 is 15.5 Å². The molecule has 0 radical (unpaired) electrons. The van der Waals surface area contributed by atoms with Crippen molar-refractivity contribution in [1.82, 2.24) is 10.6 Å². The van der Waals surface area contributed by atoms with Crippen molar-refractivity contribution in [3.8, 4) is 0 Å². The van der Waals surface area contributed by atoms with Gasteiger partial charge in [-0.25, -0.2) is 4.99 Å². The van der Waals surface area contributed by atoms with Crippen LogP contribution in [0.2, 0.25) is 0 Å². The van der Waals surface area contributed by atoms with Crippen LogP contribution in [-0.2, 0) is 11.3 Å². The summed E-state index contributed by atoms with van der Waals surface area (Å²) in [7, 11) is 0. The molecule has 2 aliphatic rings. The second kappa shape index (κ2) is 8.92. The highest BCUT2D eigenvalue weighted by atomic mass is 16.5. The van der Waals surface area contributed by atoms with E-state index in [4.69, 9.17) is 9.73 Å². The lowest BCUT2D eigenvalue weighted by molar-refractivity contribution is 0.122. The second-order valence-electron chi connectivity index (χ2n) is 6.55. The predicted molar refractivity (Wildman–Crippen MR) is 99.7 cm³/mol. The van der Waals surface area contributed by atoms with Crippen LogP contribution in [0.25, 0.3) is 0 Å². The van der Waals surface area contributed by atoms with Crippen molar-refractivity contribution in [2.24, 2.45) is 4.99 Å². The summed E-state index contributed by atoms with van der Waals surface area (Å²) in [5.74, 6) is 0.946. The molecular weight excluding hydrogens is 300 g/mol. The van der Waals surface area contributed by atoms with Gasteiger partial charge < -0.3 is 20.3 Å². The van der Waals surface area contributed by atoms with E-state index in [1.165, 1.54) is 36.9 Å². The van der Waals surface area contributed by atoms with E-state index in [9.17, 15) is 0 Å². The summed E-state index contributed by atoms with van der Waals surface area (Å²) < 4.78 is 5.48. The van der Waals surface area contributed by atoms with Gasteiger partial charge in [-0.2, -0.15) is 0 Å². The molecule has 1 saturated carbocycles. The molecule has 1 saturated heterocycles. The molecule has 1 heterocycles. The predicted octanol–water partition coefficient (Wildman–Crippen LogP) is 2.52. The van der Waals surface area contributed by atoms with E-state index in [2.05, 4.69) is 46.7 Å². The summed E-state index contributed by atoms with van der Waals surface area (Å²) in [5.41, 5.74) is 2.57. The summed E-state index contributed by atoms with van der Waals surface area (Å²) in [5, 5.41) is 6.98. The van der Waals surface area contributed by atoms with E-state index in [0.717, 1.165) is 38.8 Å². The minimum absolute atomic E-state index is 0.581. The Morgan fingerprint density at radius 3 is 2.71 bits per heavy atom. The van der Waals surface area contributed by atoms with Crippen LogP contribution in [0.5, 0.6) is 0 Å². The number of anilines is 1. The van der Waals surface area contributed by atoms with Crippen LogP contribution in [0.3, 0.4) is 0 Å². The molecule has 0 atom stereocenters. The van der Waals surface area contributed by atoms with Gasteiger partial charge >= 0.3 is 0 Å². The molecule has 0 bridgehead atoms. The van der Waals surface area contributed by atoms with E-state index in [-0.39, 0.29) is 0 Å². The summed E-state index contributed by atoms with van der Waals surface area (Å²) in [6.07, 6.45) is 5.18. The molecule has 1 aliphatic carbocycles. The van der Waals surface area contributed by atoms with Crippen molar-refractivity contribution in [2.75, 3.05) is 37.7 Å². The summed E-state index contributed by atoms with van der Waals surface area (Å²) in [4.78, 5) is 7.25. The molecule has 2 N–H and O–H groups in total. The van der Waals surface area contributed by atoms with Gasteiger partial charge in [0.1, 0.15) is 0 Å². The first-order valence-corrected chi connectivity index (χ1v) is 9.32. The quantitative estimate of drug-likeness (QED) is 0.643. The third-order valence-corrected chi connectivity index (χ3v) is 4.79. The lowest BCUT2D eigenvalue weighted by Crippen LogP contribution is -2.42. The van der Waals surface area contributed by atoms with Gasteiger partial charge in [-0.05, 0) is 31.4 Å². The normalized spacial score (nSPS) is 19.5. The molecule has 0 amide bonds. The molecule has 132 valence electrons. The third kappa shape index (κ3) is 4.63. The molecule has 1 aliphatic heterocycles. The average molecular weight is 330 g/mol. The highest BCUT2D eigenvalue weighted by molar-refractivity contribution is 5.80. The van der Waals surface area contributed by atoms with E-state index < -0.39 is 0 Å². The van der Waals surface area contributed by atoms with Gasteiger partial charge in [0.15, 0.2) is 5.96 Å². The zero-order valence-electron chi connectivity index (χ0n) is 14.8. The summed E-state index contributed by atoms with van der Waals surface area (Å²) in [6, 6.07) is 9.19. The maximum absolute atomic E-state index is 5.48. The number of nitrogens with one attached hydrogen (secondary N) is 2. The molecule has 1 aromatic rings. The molecule has 5 heteroatoms. The van der Waals surface area contributed by atoms with E-state index in [1.807, 2.05) is 0 Å². The van der Waals surface area contributed by atoms with Gasteiger partial charge in [0.2, 0.25) is 0 Å². The number of benzene rings is 1. The molecule has 24 heavy (non-hydrogen) atoms. The number of guanidine groups is 1. The lowest BCUT2D eigenvalue weighted by Gasteiger charge is -2.30. The van der Waals surface area contributed by atoms with Crippen LogP contribution in [0, 0.1) is 0 Å². The molecule has 0 aromatic heterocycles. The number of para-hydroxylation sites is 1. The topological polar surface area (TPSA) is 48.9 Å². The van der Waals surface area contributed by atoms with Crippen LogP contribution in [-0.4, -0.2) is 44.8 Å². The summed E-state index contributed by atoms with van der Waals surface area (Å²) >= 11 is 0.